The minimum Gasteiger partial charge on any atom is -0.456 e. The molecule has 2 aromatic carbocycles. The second kappa shape index (κ2) is 4.82. The molecule has 2 heteroatoms. The first-order chi connectivity index (χ1) is 9.70. The number of benzene rings is 2. The fourth-order valence-electron chi connectivity index (χ4n) is 2.30. The van der Waals surface area contributed by atoms with Crippen molar-refractivity contribution in [2.45, 2.75) is 6.92 Å². The first-order valence-electron chi connectivity index (χ1n) is 6.46. The molecule has 0 N–H and O–H groups in total. The lowest BCUT2D eigenvalue weighted by Crippen LogP contribution is -2.07. The van der Waals surface area contributed by atoms with Crippen molar-refractivity contribution in [2.75, 3.05) is 0 Å². The molecule has 0 saturated heterocycles. The second-order valence-electron chi connectivity index (χ2n) is 4.74. The van der Waals surface area contributed by atoms with Crippen molar-refractivity contribution in [1.29, 1.82) is 0 Å². The van der Waals surface area contributed by atoms with Gasteiger partial charge in [-0.25, -0.2) is 0 Å². The van der Waals surface area contributed by atoms with Crippen LogP contribution in [-0.2, 0) is 0 Å². The van der Waals surface area contributed by atoms with Gasteiger partial charge in [0.2, 0.25) is 5.43 Å². The Hall–Kier alpha value is -2.61. The molecule has 0 atom stereocenters. The highest BCUT2D eigenvalue weighted by Gasteiger charge is 2.13. The summed E-state index contributed by atoms with van der Waals surface area (Å²) >= 11 is 0. The van der Waals surface area contributed by atoms with E-state index in [2.05, 4.69) is 6.58 Å². The summed E-state index contributed by atoms with van der Waals surface area (Å²) in [5, 5.41) is 0.591. The summed E-state index contributed by atoms with van der Waals surface area (Å²) < 4.78 is 5.79. The molecular formula is C18H14O2. The van der Waals surface area contributed by atoms with Crippen molar-refractivity contribution in [1.82, 2.24) is 0 Å². The SMILES string of the molecule is C=Cc1oc2ccccc2c(=O)c1-c1ccc(C)cc1. The number of hydrogen-bond acceptors (Lipinski definition) is 2. The molecule has 1 aromatic heterocycles. The lowest BCUT2D eigenvalue weighted by Gasteiger charge is -2.07. The third-order valence-corrected chi connectivity index (χ3v) is 3.35. The number of aryl methyl sites for hydroxylation is 1. The van der Waals surface area contributed by atoms with Crippen LogP contribution in [0.2, 0.25) is 0 Å². The maximum absolute atomic E-state index is 12.7. The van der Waals surface area contributed by atoms with Crippen LogP contribution in [0.4, 0.5) is 0 Å². The Morgan fingerprint density at radius 3 is 2.45 bits per heavy atom. The van der Waals surface area contributed by atoms with Gasteiger partial charge in [0, 0.05) is 0 Å². The fourth-order valence-corrected chi connectivity index (χ4v) is 2.30. The van der Waals surface area contributed by atoms with Gasteiger partial charge in [-0.1, -0.05) is 48.5 Å². The molecule has 0 saturated carbocycles. The average Bonchev–Trinajstić information content (AvgIpc) is 2.48. The molecule has 2 nitrogen and oxygen atoms in total. The molecule has 3 aromatic rings. The van der Waals surface area contributed by atoms with Crippen LogP contribution < -0.4 is 5.43 Å². The van der Waals surface area contributed by atoms with Gasteiger partial charge in [-0.2, -0.15) is 0 Å². The summed E-state index contributed by atoms with van der Waals surface area (Å²) in [6.45, 7) is 5.76. The Balaban J connectivity index is 2.39. The molecule has 0 aliphatic heterocycles. The van der Waals surface area contributed by atoms with Crippen LogP contribution in [0.5, 0.6) is 0 Å². The monoisotopic (exact) mass is 262 g/mol. The third-order valence-electron chi connectivity index (χ3n) is 3.35. The minimum atomic E-state index is -0.0226. The van der Waals surface area contributed by atoms with E-state index >= 15 is 0 Å². The van der Waals surface area contributed by atoms with Gasteiger partial charge >= 0.3 is 0 Å². The molecule has 98 valence electrons. The van der Waals surface area contributed by atoms with E-state index < -0.39 is 0 Å². The zero-order valence-corrected chi connectivity index (χ0v) is 11.2. The van der Waals surface area contributed by atoms with Crippen LogP contribution in [0, 0.1) is 6.92 Å². The Morgan fingerprint density at radius 2 is 1.75 bits per heavy atom. The highest BCUT2D eigenvalue weighted by atomic mass is 16.3. The Bertz CT molecular complexity index is 839. The maximum Gasteiger partial charge on any atom is 0.201 e. The predicted octanol–water partition coefficient (Wildman–Crippen LogP) is 4.41. The van der Waals surface area contributed by atoms with Gasteiger partial charge in [-0.3, -0.25) is 4.79 Å². The second-order valence-corrected chi connectivity index (χ2v) is 4.74. The van der Waals surface area contributed by atoms with Crippen molar-refractivity contribution in [3.8, 4) is 11.1 Å². The van der Waals surface area contributed by atoms with Gasteiger partial charge in [0.15, 0.2) is 0 Å². The van der Waals surface area contributed by atoms with Gasteiger partial charge in [0.05, 0.1) is 10.9 Å². The maximum atomic E-state index is 12.7. The van der Waals surface area contributed by atoms with Crippen LogP contribution in [0.15, 0.2) is 64.3 Å². The molecule has 0 aliphatic carbocycles. The number of para-hydroxylation sites is 1. The van der Waals surface area contributed by atoms with Crippen LogP contribution in [-0.4, -0.2) is 0 Å². The van der Waals surface area contributed by atoms with E-state index in [1.54, 1.807) is 18.2 Å². The van der Waals surface area contributed by atoms with Gasteiger partial charge in [-0.15, -0.1) is 0 Å². The van der Waals surface area contributed by atoms with Crippen LogP contribution in [0.25, 0.3) is 28.2 Å². The first kappa shape index (κ1) is 12.4. The minimum absolute atomic E-state index is 0.0226. The molecule has 0 aliphatic rings. The Labute approximate surface area is 117 Å². The van der Waals surface area contributed by atoms with Crippen LogP contribution >= 0.6 is 0 Å². The van der Waals surface area contributed by atoms with Gasteiger partial charge in [0.1, 0.15) is 11.3 Å². The van der Waals surface area contributed by atoms with E-state index in [0.29, 0.717) is 22.3 Å². The van der Waals surface area contributed by atoms with E-state index in [1.165, 1.54) is 0 Å². The number of fused-ring (bicyclic) bond motifs is 1. The highest BCUT2D eigenvalue weighted by molar-refractivity contribution is 5.85. The van der Waals surface area contributed by atoms with Crippen LogP contribution in [0.3, 0.4) is 0 Å². The van der Waals surface area contributed by atoms with Crippen molar-refractivity contribution < 1.29 is 4.42 Å². The number of rotatable bonds is 2. The quantitative estimate of drug-likeness (QED) is 0.684. The summed E-state index contributed by atoms with van der Waals surface area (Å²) in [6, 6.07) is 15.1. The van der Waals surface area contributed by atoms with Crippen molar-refractivity contribution in [3.05, 3.63) is 76.7 Å². The van der Waals surface area contributed by atoms with E-state index in [0.717, 1.165) is 11.1 Å². The summed E-state index contributed by atoms with van der Waals surface area (Å²) in [7, 11) is 0. The normalized spacial score (nSPS) is 10.7. The summed E-state index contributed by atoms with van der Waals surface area (Å²) in [5.41, 5.74) is 3.14. The van der Waals surface area contributed by atoms with E-state index in [-0.39, 0.29) is 5.43 Å². The largest absolute Gasteiger partial charge is 0.456 e. The molecule has 0 bridgehead atoms. The molecule has 1 heterocycles. The average molecular weight is 262 g/mol. The predicted molar refractivity (Wildman–Crippen MR) is 82.7 cm³/mol. The Morgan fingerprint density at radius 1 is 1.05 bits per heavy atom. The Kier molecular flexibility index (Phi) is 2.99. The van der Waals surface area contributed by atoms with Crippen LogP contribution in [0.1, 0.15) is 11.3 Å². The zero-order valence-electron chi connectivity index (χ0n) is 11.2. The highest BCUT2D eigenvalue weighted by Crippen LogP contribution is 2.25. The lowest BCUT2D eigenvalue weighted by molar-refractivity contribution is 0.593. The molecule has 0 unspecified atom stereocenters. The topological polar surface area (TPSA) is 30.2 Å². The summed E-state index contributed by atoms with van der Waals surface area (Å²) in [6.07, 6.45) is 1.59. The summed E-state index contributed by atoms with van der Waals surface area (Å²) in [4.78, 5) is 12.7. The van der Waals surface area contributed by atoms with E-state index in [9.17, 15) is 4.79 Å². The molecule has 0 spiro atoms. The molecular weight excluding hydrogens is 248 g/mol. The standard InChI is InChI=1S/C18H14O2/c1-3-15-17(13-10-8-12(2)9-11-13)18(19)14-6-4-5-7-16(14)20-15/h3-11H,1H2,2H3. The molecule has 0 amide bonds. The number of hydrogen-bond donors (Lipinski definition) is 0. The van der Waals surface area contributed by atoms with Gasteiger partial charge in [-0.05, 0) is 30.7 Å². The zero-order chi connectivity index (χ0) is 14.1. The van der Waals surface area contributed by atoms with Crippen molar-refractivity contribution in [2.24, 2.45) is 0 Å². The smallest absolute Gasteiger partial charge is 0.201 e. The molecule has 3 rings (SSSR count). The summed E-state index contributed by atoms with van der Waals surface area (Å²) in [5.74, 6) is 0.512. The fraction of sp³-hybridized carbons (Fsp3) is 0.0556. The first-order valence-corrected chi connectivity index (χ1v) is 6.46. The van der Waals surface area contributed by atoms with Gasteiger partial charge < -0.3 is 4.42 Å². The van der Waals surface area contributed by atoms with Crippen molar-refractivity contribution >= 4 is 17.0 Å². The van der Waals surface area contributed by atoms with Gasteiger partial charge in [0.25, 0.3) is 0 Å². The van der Waals surface area contributed by atoms with E-state index in [4.69, 9.17) is 4.42 Å². The third kappa shape index (κ3) is 1.95. The molecule has 0 fully saturated rings. The molecule has 20 heavy (non-hydrogen) atoms. The van der Waals surface area contributed by atoms with Crippen molar-refractivity contribution in [3.63, 3.8) is 0 Å². The molecule has 0 radical (unpaired) electrons. The van der Waals surface area contributed by atoms with E-state index in [1.807, 2.05) is 43.3 Å². The lowest BCUT2D eigenvalue weighted by atomic mass is 10.0.